The van der Waals surface area contributed by atoms with Crippen LogP contribution in [0.2, 0.25) is 0 Å². The van der Waals surface area contributed by atoms with E-state index in [2.05, 4.69) is 37.9 Å². The van der Waals surface area contributed by atoms with Crippen LogP contribution in [0.3, 0.4) is 0 Å². The van der Waals surface area contributed by atoms with E-state index in [4.69, 9.17) is 0 Å². The minimum atomic E-state index is 0.376. The van der Waals surface area contributed by atoms with E-state index in [0.29, 0.717) is 17.0 Å². The van der Waals surface area contributed by atoms with Crippen molar-refractivity contribution >= 4 is 0 Å². The Morgan fingerprint density at radius 3 is 1.95 bits per heavy atom. The number of piperazine rings is 1. The zero-order valence-corrected chi connectivity index (χ0v) is 14.5. The van der Waals surface area contributed by atoms with Crippen molar-refractivity contribution in [1.82, 2.24) is 10.2 Å². The van der Waals surface area contributed by atoms with Gasteiger partial charge in [0, 0.05) is 30.7 Å². The summed E-state index contributed by atoms with van der Waals surface area (Å²) in [6.45, 7) is 12.1. The number of rotatable bonds is 1. The smallest absolute Gasteiger partial charge is 0.0244 e. The molecule has 120 valence electrons. The van der Waals surface area contributed by atoms with Gasteiger partial charge in [-0.15, -0.1) is 0 Å². The van der Waals surface area contributed by atoms with E-state index in [1.165, 1.54) is 32.4 Å². The molecule has 0 radical (unpaired) electrons. The summed E-state index contributed by atoms with van der Waals surface area (Å²) < 4.78 is 0. The van der Waals surface area contributed by atoms with Crippen LogP contribution in [0.5, 0.6) is 0 Å². The highest BCUT2D eigenvalue weighted by Gasteiger charge is 2.55. The normalized spacial score (nSPS) is 50.6. The molecular weight excluding hydrogens is 256 g/mol. The molecule has 5 fully saturated rings. The van der Waals surface area contributed by atoms with E-state index in [1.807, 2.05) is 0 Å². The predicted octanol–water partition coefficient (Wildman–Crippen LogP) is 3.66. The molecule has 5 rings (SSSR count). The lowest BCUT2D eigenvalue weighted by molar-refractivity contribution is -0.117. The molecule has 0 aromatic carbocycles. The zero-order valence-electron chi connectivity index (χ0n) is 14.5. The van der Waals surface area contributed by atoms with Crippen LogP contribution in [-0.4, -0.2) is 35.6 Å². The molecule has 4 bridgehead atoms. The van der Waals surface area contributed by atoms with Crippen molar-refractivity contribution in [2.24, 2.45) is 23.2 Å². The Hall–Kier alpha value is -0.0800. The Morgan fingerprint density at radius 1 is 0.952 bits per heavy atom. The molecule has 1 saturated heterocycles. The van der Waals surface area contributed by atoms with Crippen LogP contribution in [0.4, 0.5) is 0 Å². The van der Waals surface area contributed by atoms with E-state index in [-0.39, 0.29) is 0 Å². The molecule has 2 atom stereocenters. The van der Waals surface area contributed by atoms with Crippen LogP contribution >= 0.6 is 0 Å². The van der Waals surface area contributed by atoms with Crippen molar-refractivity contribution in [2.45, 2.75) is 83.8 Å². The molecule has 1 N–H and O–H groups in total. The molecular formula is C19H34N2. The van der Waals surface area contributed by atoms with Gasteiger partial charge in [-0.1, -0.05) is 20.8 Å². The largest absolute Gasteiger partial charge is 0.311 e. The minimum Gasteiger partial charge on any atom is -0.311 e. The van der Waals surface area contributed by atoms with Crippen LogP contribution in [0.1, 0.15) is 66.2 Å². The summed E-state index contributed by atoms with van der Waals surface area (Å²) in [5.41, 5.74) is 0.959. The average molecular weight is 290 g/mol. The first-order chi connectivity index (χ1) is 9.86. The van der Waals surface area contributed by atoms with Gasteiger partial charge in [0.25, 0.3) is 0 Å². The molecule has 0 amide bonds. The SMILES string of the molecule is CC1CNC(C(C)(C)C)CN1C12CC3CC(CC(C3)C1)C2. The van der Waals surface area contributed by atoms with Gasteiger partial charge in [-0.05, 0) is 68.6 Å². The molecule has 2 heteroatoms. The van der Waals surface area contributed by atoms with Gasteiger partial charge >= 0.3 is 0 Å². The molecule has 21 heavy (non-hydrogen) atoms. The molecule has 1 aliphatic heterocycles. The Morgan fingerprint density at radius 2 is 1.48 bits per heavy atom. The average Bonchev–Trinajstić information content (AvgIpc) is 2.35. The van der Waals surface area contributed by atoms with E-state index < -0.39 is 0 Å². The lowest BCUT2D eigenvalue weighted by Gasteiger charge is -2.63. The summed E-state index contributed by atoms with van der Waals surface area (Å²) in [7, 11) is 0. The van der Waals surface area contributed by atoms with Crippen LogP contribution in [0.25, 0.3) is 0 Å². The van der Waals surface area contributed by atoms with Crippen molar-refractivity contribution < 1.29 is 0 Å². The van der Waals surface area contributed by atoms with E-state index in [1.54, 1.807) is 19.3 Å². The first kappa shape index (κ1) is 14.5. The van der Waals surface area contributed by atoms with Crippen molar-refractivity contribution in [1.29, 1.82) is 0 Å². The van der Waals surface area contributed by atoms with Gasteiger partial charge in [-0.2, -0.15) is 0 Å². The number of hydrogen-bond donors (Lipinski definition) is 1. The summed E-state index contributed by atoms with van der Waals surface area (Å²) in [5.74, 6) is 3.18. The number of hydrogen-bond acceptors (Lipinski definition) is 2. The zero-order chi connectivity index (χ0) is 14.8. The number of nitrogens with one attached hydrogen (secondary N) is 1. The van der Waals surface area contributed by atoms with Gasteiger partial charge in [0.2, 0.25) is 0 Å². The van der Waals surface area contributed by atoms with Gasteiger partial charge < -0.3 is 5.32 Å². The lowest BCUT2D eigenvalue weighted by atomic mass is 9.52. The maximum atomic E-state index is 3.83. The summed E-state index contributed by atoms with van der Waals surface area (Å²) in [6, 6.07) is 1.38. The quantitative estimate of drug-likeness (QED) is 0.793. The predicted molar refractivity (Wildman–Crippen MR) is 88.3 cm³/mol. The molecule has 2 nitrogen and oxygen atoms in total. The van der Waals surface area contributed by atoms with Gasteiger partial charge in [-0.3, -0.25) is 4.90 Å². The Kier molecular flexibility index (Phi) is 3.25. The van der Waals surface area contributed by atoms with E-state index in [0.717, 1.165) is 23.8 Å². The molecule has 0 spiro atoms. The lowest BCUT2D eigenvalue weighted by Crippen LogP contribution is -2.69. The van der Waals surface area contributed by atoms with Crippen molar-refractivity contribution in [2.75, 3.05) is 13.1 Å². The molecule has 1 heterocycles. The third-order valence-electron chi connectivity index (χ3n) is 7.23. The van der Waals surface area contributed by atoms with Crippen molar-refractivity contribution in [3.05, 3.63) is 0 Å². The van der Waals surface area contributed by atoms with E-state index in [9.17, 15) is 0 Å². The van der Waals surface area contributed by atoms with E-state index >= 15 is 0 Å². The summed E-state index contributed by atoms with van der Waals surface area (Å²) in [4.78, 5) is 2.98. The van der Waals surface area contributed by atoms with Gasteiger partial charge in [-0.25, -0.2) is 0 Å². The molecule has 0 aromatic heterocycles. The third-order valence-corrected chi connectivity index (χ3v) is 7.23. The Balaban J connectivity index is 1.59. The van der Waals surface area contributed by atoms with Gasteiger partial charge in [0.05, 0.1) is 0 Å². The molecule has 4 aliphatic carbocycles. The summed E-state index contributed by atoms with van der Waals surface area (Å²) in [5, 5.41) is 3.83. The minimum absolute atomic E-state index is 0.376. The van der Waals surface area contributed by atoms with Crippen LogP contribution in [0, 0.1) is 23.2 Å². The summed E-state index contributed by atoms with van der Waals surface area (Å²) >= 11 is 0. The molecule has 5 aliphatic rings. The molecule has 0 aromatic rings. The highest BCUT2D eigenvalue weighted by atomic mass is 15.3. The Bertz CT molecular complexity index is 373. The van der Waals surface area contributed by atoms with Crippen LogP contribution < -0.4 is 5.32 Å². The van der Waals surface area contributed by atoms with Crippen molar-refractivity contribution in [3.8, 4) is 0 Å². The fraction of sp³-hybridized carbons (Fsp3) is 1.00. The maximum Gasteiger partial charge on any atom is 0.0244 e. The highest BCUT2D eigenvalue weighted by Crippen LogP contribution is 2.58. The monoisotopic (exact) mass is 290 g/mol. The summed E-state index contributed by atoms with van der Waals surface area (Å²) in [6.07, 6.45) is 9.22. The maximum absolute atomic E-state index is 3.83. The highest BCUT2D eigenvalue weighted by molar-refractivity contribution is 5.10. The third kappa shape index (κ3) is 2.37. The second-order valence-electron chi connectivity index (χ2n) is 9.97. The number of nitrogens with zero attached hydrogens (tertiary/aromatic N) is 1. The second-order valence-corrected chi connectivity index (χ2v) is 9.97. The topological polar surface area (TPSA) is 15.3 Å². The van der Waals surface area contributed by atoms with Crippen LogP contribution in [-0.2, 0) is 0 Å². The molecule has 4 saturated carbocycles. The molecule has 2 unspecified atom stereocenters. The van der Waals surface area contributed by atoms with Crippen molar-refractivity contribution in [3.63, 3.8) is 0 Å². The first-order valence-corrected chi connectivity index (χ1v) is 9.36. The Labute approximate surface area is 131 Å². The fourth-order valence-electron chi connectivity index (χ4n) is 6.52. The van der Waals surface area contributed by atoms with Crippen LogP contribution in [0.15, 0.2) is 0 Å². The standard InChI is InChI=1S/C19H34N2/c1-13-11-20-17(18(2,3)4)12-21(13)19-8-14-5-15(9-19)7-16(6-14)10-19/h13-17,20H,5-12H2,1-4H3. The van der Waals surface area contributed by atoms with Gasteiger partial charge in [0.1, 0.15) is 0 Å². The van der Waals surface area contributed by atoms with Gasteiger partial charge in [0.15, 0.2) is 0 Å². The fourth-order valence-corrected chi connectivity index (χ4v) is 6.52. The first-order valence-electron chi connectivity index (χ1n) is 9.36. The second kappa shape index (κ2) is 4.71.